The van der Waals surface area contributed by atoms with Gasteiger partial charge < -0.3 is 14.2 Å². The standard InChI is InChI=1S/C24H16Cl2F2N2O3/c1-31-15-6-3-13(4-7-15)21-22(17-9-5-14(25)11-18(17)26)29-24(30-23(21)32-2)33-16-8-10-19(27)20(28)12-16/h3-12H,1-2H3. The lowest BCUT2D eigenvalue weighted by Gasteiger charge is -2.16. The number of ether oxygens (including phenoxy) is 3. The molecule has 33 heavy (non-hydrogen) atoms. The molecule has 0 amide bonds. The fourth-order valence-electron chi connectivity index (χ4n) is 3.15. The van der Waals surface area contributed by atoms with Crippen molar-refractivity contribution in [1.29, 1.82) is 0 Å². The molecule has 0 bridgehead atoms. The lowest BCUT2D eigenvalue weighted by molar-refractivity contribution is 0.377. The Morgan fingerprint density at radius 3 is 2.12 bits per heavy atom. The minimum Gasteiger partial charge on any atom is -0.497 e. The number of halogens is 4. The third-order valence-electron chi connectivity index (χ3n) is 4.71. The molecule has 0 spiro atoms. The van der Waals surface area contributed by atoms with Gasteiger partial charge >= 0.3 is 6.01 Å². The highest BCUT2D eigenvalue weighted by atomic mass is 35.5. The van der Waals surface area contributed by atoms with Gasteiger partial charge in [-0.05, 0) is 48.0 Å². The average molecular weight is 489 g/mol. The Kier molecular flexibility index (Phi) is 6.62. The van der Waals surface area contributed by atoms with Crippen LogP contribution in [0.4, 0.5) is 8.78 Å². The molecule has 0 atom stereocenters. The Bertz CT molecular complexity index is 1320. The van der Waals surface area contributed by atoms with Crippen LogP contribution >= 0.6 is 23.2 Å². The van der Waals surface area contributed by atoms with Gasteiger partial charge in [-0.15, -0.1) is 0 Å². The van der Waals surface area contributed by atoms with Gasteiger partial charge in [0.05, 0.1) is 30.5 Å². The van der Waals surface area contributed by atoms with Crippen LogP contribution in [0.5, 0.6) is 23.4 Å². The summed E-state index contributed by atoms with van der Waals surface area (Å²) in [6.07, 6.45) is 0. The number of nitrogens with zero attached hydrogens (tertiary/aromatic N) is 2. The molecule has 0 aliphatic heterocycles. The molecule has 168 valence electrons. The molecular weight excluding hydrogens is 473 g/mol. The summed E-state index contributed by atoms with van der Waals surface area (Å²) < 4.78 is 43.3. The Labute approximate surface area is 198 Å². The molecule has 0 fully saturated rings. The SMILES string of the molecule is COc1ccc(-c2c(OC)nc(Oc3ccc(F)c(F)c3)nc2-c2ccc(Cl)cc2Cl)cc1. The van der Waals surface area contributed by atoms with Crippen molar-refractivity contribution in [3.8, 4) is 45.8 Å². The second kappa shape index (κ2) is 9.60. The van der Waals surface area contributed by atoms with Gasteiger partial charge in [-0.25, -0.2) is 8.78 Å². The summed E-state index contributed by atoms with van der Waals surface area (Å²) >= 11 is 12.6. The predicted octanol–water partition coefficient (Wildman–Crippen LogP) is 7.21. The van der Waals surface area contributed by atoms with Gasteiger partial charge in [0.25, 0.3) is 0 Å². The highest BCUT2D eigenvalue weighted by Gasteiger charge is 2.22. The fourth-order valence-corrected chi connectivity index (χ4v) is 3.65. The van der Waals surface area contributed by atoms with Crippen LogP contribution in [-0.4, -0.2) is 24.2 Å². The Morgan fingerprint density at radius 1 is 0.758 bits per heavy atom. The number of methoxy groups -OCH3 is 2. The van der Waals surface area contributed by atoms with Crippen molar-refractivity contribution in [2.75, 3.05) is 14.2 Å². The third kappa shape index (κ3) is 4.84. The maximum Gasteiger partial charge on any atom is 0.325 e. The molecule has 4 rings (SSSR count). The van der Waals surface area contributed by atoms with Crippen LogP contribution in [0.15, 0.2) is 60.7 Å². The van der Waals surface area contributed by atoms with E-state index in [-0.39, 0.29) is 17.6 Å². The molecule has 0 radical (unpaired) electrons. The van der Waals surface area contributed by atoms with E-state index in [1.807, 2.05) is 12.1 Å². The van der Waals surface area contributed by atoms with Crippen LogP contribution in [-0.2, 0) is 0 Å². The molecule has 9 heteroatoms. The highest BCUT2D eigenvalue weighted by molar-refractivity contribution is 6.36. The molecule has 0 aliphatic rings. The smallest absolute Gasteiger partial charge is 0.325 e. The quantitative estimate of drug-likeness (QED) is 0.287. The summed E-state index contributed by atoms with van der Waals surface area (Å²) in [6.45, 7) is 0. The molecule has 0 saturated heterocycles. The first-order valence-electron chi connectivity index (χ1n) is 9.58. The van der Waals surface area contributed by atoms with Crippen molar-refractivity contribution < 1.29 is 23.0 Å². The Hall–Kier alpha value is -3.42. The highest BCUT2D eigenvalue weighted by Crippen LogP contribution is 2.42. The van der Waals surface area contributed by atoms with Gasteiger partial charge in [0, 0.05) is 16.7 Å². The summed E-state index contributed by atoms with van der Waals surface area (Å²) in [4.78, 5) is 8.84. The molecule has 0 aliphatic carbocycles. The summed E-state index contributed by atoms with van der Waals surface area (Å²) in [5, 5.41) is 0.797. The van der Waals surface area contributed by atoms with E-state index in [9.17, 15) is 8.78 Å². The van der Waals surface area contributed by atoms with E-state index in [0.29, 0.717) is 32.6 Å². The van der Waals surface area contributed by atoms with Crippen LogP contribution < -0.4 is 14.2 Å². The van der Waals surface area contributed by atoms with E-state index in [1.165, 1.54) is 13.2 Å². The van der Waals surface area contributed by atoms with E-state index in [0.717, 1.165) is 17.7 Å². The monoisotopic (exact) mass is 488 g/mol. The van der Waals surface area contributed by atoms with Crippen LogP contribution in [0, 0.1) is 11.6 Å². The van der Waals surface area contributed by atoms with Crippen LogP contribution in [0.3, 0.4) is 0 Å². The van der Waals surface area contributed by atoms with Gasteiger partial charge in [-0.3, -0.25) is 0 Å². The van der Waals surface area contributed by atoms with E-state index in [4.69, 9.17) is 37.4 Å². The van der Waals surface area contributed by atoms with Gasteiger partial charge in [-0.1, -0.05) is 35.3 Å². The molecule has 4 aromatic rings. The number of hydrogen-bond acceptors (Lipinski definition) is 5. The third-order valence-corrected chi connectivity index (χ3v) is 5.26. The maximum absolute atomic E-state index is 13.6. The molecule has 1 aromatic heterocycles. The van der Waals surface area contributed by atoms with Crippen molar-refractivity contribution in [3.05, 3.63) is 82.3 Å². The van der Waals surface area contributed by atoms with Crippen LogP contribution in [0.2, 0.25) is 10.0 Å². The predicted molar refractivity (Wildman–Crippen MR) is 122 cm³/mol. The fraction of sp³-hybridized carbons (Fsp3) is 0.0833. The zero-order chi connectivity index (χ0) is 23.5. The van der Waals surface area contributed by atoms with Crippen molar-refractivity contribution in [2.45, 2.75) is 0 Å². The second-order valence-corrected chi connectivity index (χ2v) is 7.61. The molecule has 0 unspecified atom stereocenters. The summed E-state index contributed by atoms with van der Waals surface area (Å²) in [5.74, 6) is -1.18. The molecule has 0 saturated carbocycles. The number of hydrogen-bond donors (Lipinski definition) is 0. The first kappa shape index (κ1) is 22.8. The van der Waals surface area contributed by atoms with Gasteiger partial charge in [0.1, 0.15) is 11.5 Å². The minimum atomic E-state index is -1.06. The second-order valence-electron chi connectivity index (χ2n) is 6.77. The summed E-state index contributed by atoms with van der Waals surface area (Å²) in [5.41, 5.74) is 2.21. The average Bonchev–Trinajstić information content (AvgIpc) is 2.81. The number of rotatable bonds is 6. The maximum atomic E-state index is 13.6. The summed E-state index contributed by atoms with van der Waals surface area (Å²) in [7, 11) is 3.02. The van der Waals surface area contributed by atoms with Crippen molar-refractivity contribution in [3.63, 3.8) is 0 Å². The Balaban J connectivity index is 1.91. The van der Waals surface area contributed by atoms with Gasteiger partial charge in [0.2, 0.25) is 5.88 Å². The van der Waals surface area contributed by atoms with Crippen LogP contribution in [0.25, 0.3) is 22.4 Å². The molecule has 3 aromatic carbocycles. The Morgan fingerprint density at radius 2 is 1.48 bits per heavy atom. The molecule has 5 nitrogen and oxygen atoms in total. The topological polar surface area (TPSA) is 53.5 Å². The zero-order valence-electron chi connectivity index (χ0n) is 17.4. The van der Waals surface area contributed by atoms with Gasteiger partial charge in [0.15, 0.2) is 11.6 Å². The lowest BCUT2D eigenvalue weighted by Crippen LogP contribution is -2.02. The van der Waals surface area contributed by atoms with E-state index in [2.05, 4.69) is 9.97 Å². The van der Waals surface area contributed by atoms with E-state index < -0.39 is 11.6 Å². The number of aromatic nitrogens is 2. The van der Waals surface area contributed by atoms with Crippen molar-refractivity contribution >= 4 is 23.2 Å². The largest absolute Gasteiger partial charge is 0.497 e. The molecule has 0 N–H and O–H groups in total. The lowest BCUT2D eigenvalue weighted by atomic mass is 10.00. The zero-order valence-corrected chi connectivity index (χ0v) is 18.9. The normalized spacial score (nSPS) is 10.7. The van der Waals surface area contributed by atoms with E-state index >= 15 is 0 Å². The molecular formula is C24H16Cl2F2N2O3. The number of benzene rings is 3. The first-order chi connectivity index (χ1) is 15.9. The van der Waals surface area contributed by atoms with E-state index in [1.54, 1.807) is 37.4 Å². The van der Waals surface area contributed by atoms with Crippen molar-refractivity contribution in [1.82, 2.24) is 9.97 Å². The van der Waals surface area contributed by atoms with Crippen molar-refractivity contribution in [2.24, 2.45) is 0 Å². The minimum absolute atomic E-state index is 0.0151. The van der Waals surface area contributed by atoms with Crippen LogP contribution in [0.1, 0.15) is 0 Å². The summed E-state index contributed by atoms with van der Waals surface area (Å²) in [6, 6.07) is 15.2. The first-order valence-corrected chi connectivity index (χ1v) is 10.3. The molecule has 1 heterocycles. The van der Waals surface area contributed by atoms with Gasteiger partial charge in [-0.2, -0.15) is 9.97 Å².